The zero-order valence-corrected chi connectivity index (χ0v) is 9.62. The van der Waals surface area contributed by atoms with Gasteiger partial charge in [0.05, 0.1) is 4.88 Å². The first kappa shape index (κ1) is 12.3. The SMILES string of the molecule is [O-][Cl+3]([O-])([O-])[O-].c1[s+]sc2c1CCCC2. The van der Waals surface area contributed by atoms with Gasteiger partial charge in [0.1, 0.15) is 0 Å². The fourth-order valence-electron chi connectivity index (χ4n) is 1.26. The lowest BCUT2D eigenvalue weighted by molar-refractivity contribution is -2.00. The molecule has 1 aromatic heterocycles. The molecule has 1 aliphatic rings. The predicted octanol–water partition coefficient (Wildman–Crippen LogP) is -1.79. The molecule has 1 heterocycles. The molecule has 0 fully saturated rings. The summed E-state index contributed by atoms with van der Waals surface area (Å²) in [6.45, 7) is 0. The second kappa shape index (κ2) is 5.32. The molecule has 2 rings (SSSR count). The number of aryl methyl sites for hydroxylation is 2. The second-order valence-corrected chi connectivity index (χ2v) is 5.75. The summed E-state index contributed by atoms with van der Waals surface area (Å²) in [6.07, 6.45) is 5.52. The fraction of sp³-hybridized carbons (Fsp3) is 0.571. The van der Waals surface area contributed by atoms with E-state index in [1.165, 1.54) is 25.7 Å². The van der Waals surface area contributed by atoms with Gasteiger partial charge in [-0.05, 0) is 25.7 Å². The van der Waals surface area contributed by atoms with Crippen LogP contribution in [0.2, 0.25) is 0 Å². The third-order valence-corrected chi connectivity index (χ3v) is 4.12. The Kier molecular flexibility index (Phi) is 4.65. The van der Waals surface area contributed by atoms with Crippen LogP contribution in [-0.2, 0) is 12.8 Å². The van der Waals surface area contributed by atoms with Gasteiger partial charge in [-0.1, -0.05) is 0 Å². The van der Waals surface area contributed by atoms with Gasteiger partial charge >= 0.3 is 0 Å². The van der Waals surface area contributed by atoms with E-state index >= 15 is 0 Å². The van der Waals surface area contributed by atoms with E-state index in [4.69, 9.17) is 18.6 Å². The van der Waals surface area contributed by atoms with Gasteiger partial charge in [0, 0.05) is 5.56 Å². The maximum absolute atomic E-state index is 8.49. The smallest absolute Gasteiger partial charge is 0.222 e. The molecule has 0 aromatic carbocycles. The third kappa shape index (κ3) is 5.16. The summed E-state index contributed by atoms with van der Waals surface area (Å²) in [5, 5.41) is 2.32. The fourth-order valence-corrected chi connectivity index (χ4v) is 3.78. The Bertz CT molecular complexity index is 257. The number of halogens is 1. The van der Waals surface area contributed by atoms with Gasteiger partial charge in [-0.3, -0.25) is 0 Å². The lowest BCUT2D eigenvalue weighted by Gasteiger charge is -2.17. The van der Waals surface area contributed by atoms with E-state index in [1.807, 2.05) is 20.7 Å². The molecule has 1 aromatic rings. The minimum Gasteiger partial charge on any atom is -0.222 e. The van der Waals surface area contributed by atoms with Crippen LogP contribution in [0.15, 0.2) is 5.38 Å². The molecule has 0 saturated heterocycles. The highest BCUT2D eigenvalue weighted by Gasteiger charge is 2.16. The Labute approximate surface area is 91.2 Å². The van der Waals surface area contributed by atoms with Crippen LogP contribution in [0.5, 0.6) is 0 Å². The maximum Gasteiger partial charge on any atom is 0.292 e. The molecule has 0 aliphatic heterocycles. The van der Waals surface area contributed by atoms with Gasteiger partial charge in [0.2, 0.25) is 5.38 Å². The van der Waals surface area contributed by atoms with Crippen LogP contribution >= 0.6 is 20.7 Å². The minimum absolute atomic E-state index is 1.34. The van der Waals surface area contributed by atoms with E-state index in [1.54, 1.807) is 10.4 Å². The molecule has 14 heavy (non-hydrogen) atoms. The van der Waals surface area contributed by atoms with E-state index in [0.717, 1.165) is 0 Å². The van der Waals surface area contributed by atoms with E-state index in [-0.39, 0.29) is 0 Å². The topological polar surface area (TPSA) is 92.2 Å². The largest absolute Gasteiger partial charge is 0.292 e. The van der Waals surface area contributed by atoms with Crippen molar-refractivity contribution in [3.63, 3.8) is 0 Å². The van der Waals surface area contributed by atoms with Gasteiger partial charge in [-0.15, -0.1) is 10.2 Å². The number of hydrogen-bond donors (Lipinski definition) is 0. The zero-order valence-electron chi connectivity index (χ0n) is 7.23. The number of rotatable bonds is 0. The summed E-state index contributed by atoms with van der Waals surface area (Å²) in [7, 11) is -1.08. The van der Waals surface area contributed by atoms with Crippen molar-refractivity contribution in [1.29, 1.82) is 0 Å². The van der Waals surface area contributed by atoms with Crippen LogP contribution in [0, 0.1) is 10.2 Å². The van der Waals surface area contributed by atoms with Crippen molar-refractivity contribution in [2.75, 3.05) is 0 Å². The van der Waals surface area contributed by atoms with Crippen molar-refractivity contribution < 1.29 is 28.9 Å². The summed E-state index contributed by atoms with van der Waals surface area (Å²) >= 11 is 0. The van der Waals surface area contributed by atoms with Crippen LogP contribution in [0.1, 0.15) is 23.3 Å². The zero-order chi connectivity index (χ0) is 10.6. The van der Waals surface area contributed by atoms with Crippen molar-refractivity contribution in [2.24, 2.45) is 0 Å². The van der Waals surface area contributed by atoms with Gasteiger partial charge in [-0.25, -0.2) is 18.6 Å². The Hall–Kier alpha value is 0.180. The average Bonchev–Trinajstić information content (AvgIpc) is 2.47. The summed E-state index contributed by atoms with van der Waals surface area (Å²) in [5.41, 5.74) is 1.64. The van der Waals surface area contributed by atoms with Crippen LogP contribution in [0.4, 0.5) is 0 Å². The van der Waals surface area contributed by atoms with Crippen molar-refractivity contribution in [2.45, 2.75) is 25.7 Å². The van der Waals surface area contributed by atoms with Crippen LogP contribution < -0.4 is 18.6 Å². The molecule has 4 nitrogen and oxygen atoms in total. The van der Waals surface area contributed by atoms with Gasteiger partial charge in [0.25, 0.3) is 10.3 Å². The monoisotopic (exact) mass is 256 g/mol. The quantitative estimate of drug-likeness (QED) is 0.405. The molecular formula is C7H9ClO4S2. The molecule has 0 bridgehead atoms. The Balaban J connectivity index is 0.000000171. The minimum atomic E-state index is -4.94. The van der Waals surface area contributed by atoms with E-state index in [0.29, 0.717) is 0 Å². The van der Waals surface area contributed by atoms with Gasteiger partial charge in [-0.2, -0.15) is 0 Å². The maximum atomic E-state index is 8.49. The van der Waals surface area contributed by atoms with Crippen molar-refractivity contribution in [3.05, 3.63) is 15.8 Å². The van der Waals surface area contributed by atoms with E-state index in [9.17, 15) is 0 Å². The number of hydrogen-bond acceptors (Lipinski definition) is 5. The average molecular weight is 257 g/mol. The standard InChI is InChI=1S/C7H9S2.ClHO4/c1-2-4-7-6(3-1)5-8-9-7;2-1(3,4)5/h5H,1-4H2;(H,2,3,4,5)/q+1;/p-1. The summed E-state index contributed by atoms with van der Waals surface area (Å²) in [6, 6.07) is 0. The summed E-state index contributed by atoms with van der Waals surface area (Å²) in [4.78, 5) is 1.66. The Morgan fingerprint density at radius 1 is 1.14 bits per heavy atom. The van der Waals surface area contributed by atoms with Crippen LogP contribution in [0.25, 0.3) is 0 Å². The Morgan fingerprint density at radius 2 is 1.71 bits per heavy atom. The molecule has 0 radical (unpaired) electrons. The lowest BCUT2D eigenvalue weighted by Crippen LogP contribution is -2.68. The van der Waals surface area contributed by atoms with E-state index < -0.39 is 10.2 Å². The molecule has 0 unspecified atom stereocenters. The molecule has 0 amide bonds. The van der Waals surface area contributed by atoms with Crippen LogP contribution in [0.3, 0.4) is 0 Å². The van der Waals surface area contributed by atoms with Crippen molar-refractivity contribution in [1.82, 2.24) is 0 Å². The molecule has 0 atom stereocenters. The van der Waals surface area contributed by atoms with Crippen LogP contribution in [-0.4, -0.2) is 0 Å². The predicted molar refractivity (Wildman–Crippen MR) is 43.2 cm³/mol. The molecule has 1 aliphatic carbocycles. The Morgan fingerprint density at radius 3 is 2.29 bits per heavy atom. The van der Waals surface area contributed by atoms with Crippen molar-refractivity contribution in [3.8, 4) is 0 Å². The van der Waals surface area contributed by atoms with E-state index in [2.05, 4.69) is 5.38 Å². The van der Waals surface area contributed by atoms with Crippen molar-refractivity contribution >= 4 is 20.7 Å². The molecule has 0 N–H and O–H groups in total. The summed E-state index contributed by atoms with van der Waals surface area (Å²) < 4.78 is 34.0. The highest BCUT2D eigenvalue weighted by atomic mass is 35.7. The molecule has 0 saturated carbocycles. The first-order valence-electron chi connectivity index (χ1n) is 3.97. The highest BCUT2D eigenvalue weighted by molar-refractivity contribution is 7.68. The first-order chi connectivity index (χ1) is 6.47. The van der Waals surface area contributed by atoms with Gasteiger partial charge in [0.15, 0.2) is 10.3 Å². The number of fused-ring (bicyclic) bond motifs is 1. The highest BCUT2D eigenvalue weighted by Crippen LogP contribution is 2.28. The second-order valence-electron chi connectivity index (χ2n) is 2.83. The molecular weight excluding hydrogens is 248 g/mol. The summed E-state index contributed by atoms with van der Waals surface area (Å²) in [5.74, 6) is 0. The normalized spacial score (nSPS) is 15.4. The van der Waals surface area contributed by atoms with Gasteiger partial charge < -0.3 is 0 Å². The molecule has 80 valence electrons. The molecule has 7 heteroatoms. The lowest BCUT2D eigenvalue weighted by atomic mass is 10.0. The molecule has 0 spiro atoms. The first-order valence-corrected chi connectivity index (χ1v) is 7.42. The third-order valence-electron chi connectivity index (χ3n) is 1.80.